The Balaban J connectivity index is 1.38. The molecular formula is C21H31N3O3. The van der Waals surface area contributed by atoms with Gasteiger partial charge in [-0.1, -0.05) is 31.9 Å². The van der Waals surface area contributed by atoms with Crippen LogP contribution in [0.3, 0.4) is 0 Å². The van der Waals surface area contributed by atoms with Crippen molar-refractivity contribution in [2.75, 3.05) is 25.0 Å². The van der Waals surface area contributed by atoms with E-state index in [4.69, 9.17) is 4.74 Å². The molecule has 1 saturated heterocycles. The molecule has 0 bridgehead atoms. The van der Waals surface area contributed by atoms with Crippen LogP contribution in [0.5, 0.6) is 0 Å². The summed E-state index contributed by atoms with van der Waals surface area (Å²) in [6.07, 6.45) is 6.80. The Labute approximate surface area is 161 Å². The zero-order chi connectivity index (χ0) is 19.1. The van der Waals surface area contributed by atoms with E-state index in [-0.39, 0.29) is 11.9 Å². The lowest BCUT2D eigenvalue weighted by molar-refractivity contribution is -0.128. The van der Waals surface area contributed by atoms with Crippen molar-refractivity contribution in [3.8, 4) is 0 Å². The van der Waals surface area contributed by atoms with Crippen molar-refractivity contribution in [3.05, 3.63) is 29.8 Å². The molecule has 0 spiro atoms. The van der Waals surface area contributed by atoms with Gasteiger partial charge in [-0.3, -0.25) is 4.79 Å². The number of hydrogen-bond donors (Lipinski definition) is 2. The number of urea groups is 1. The van der Waals surface area contributed by atoms with Crippen LogP contribution >= 0.6 is 0 Å². The van der Waals surface area contributed by atoms with E-state index in [1.54, 1.807) is 0 Å². The summed E-state index contributed by atoms with van der Waals surface area (Å²) in [6.45, 7) is 4.70. The summed E-state index contributed by atoms with van der Waals surface area (Å²) in [5, 5.41) is 5.70. The maximum absolute atomic E-state index is 12.1. The van der Waals surface area contributed by atoms with Crippen LogP contribution in [0.25, 0.3) is 0 Å². The van der Waals surface area contributed by atoms with Gasteiger partial charge in [-0.2, -0.15) is 0 Å². The molecule has 6 nitrogen and oxygen atoms in total. The first-order chi connectivity index (χ1) is 13.1. The van der Waals surface area contributed by atoms with Crippen molar-refractivity contribution in [2.45, 2.75) is 58.1 Å². The number of nitrogens with one attached hydrogen (secondary N) is 2. The van der Waals surface area contributed by atoms with Crippen LogP contribution in [-0.4, -0.2) is 42.6 Å². The number of nitrogens with zero attached hydrogens (tertiary/aromatic N) is 1. The highest BCUT2D eigenvalue weighted by Crippen LogP contribution is 2.26. The summed E-state index contributed by atoms with van der Waals surface area (Å²) in [4.78, 5) is 25.7. The second kappa shape index (κ2) is 9.74. The van der Waals surface area contributed by atoms with Crippen molar-refractivity contribution in [1.29, 1.82) is 0 Å². The number of ether oxygens (including phenoxy) is 1. The van der Waals surface area contributed by atoms with E-state index in [1.807, 2.05) is 29.2 Å². The Hall–Kier alpha value is -2.08. The number of rotatable bonds is 7. The van der Waals surface area contributed by atoms with Gasteiger partial charge in [-0.25, -0.2) is 4.79 Å². The van der Waals surface area contributed by atoms with E-state index in [2.05, 4.69) is 17.6 Å². The summed E-state index contributed by atoms with van der Waals surface area (Å²) in [7, 11) is 0. The Bertz CT molecular complexity index is 649. The van der Waals surface area contributed by atoms with E-state index in [0.717, 1.165) is 30.6 Å². The fourth-order valence-electron chi connectivity index (χ4n) is 3.92. The first kappa shape index (κ1) is 19.7. The number of carbonyl (C=O) groups excluding carboxylic acids is 2. The summed E-state index contributed by atoms with van der Waals surface area (Å²) < 4.78 is 5.92. The fourth-order valence-corrected chi connectivity index (χ4v) is 3.92. The smallest absolute Gasteiger partial charge is 0.319 e. The molecule has 0 unspecified atom stereocenters. The highest BCUT2D eigenvalue weighted by molar-refractivity contribution is 5.89. The molecule has 0 aromatic heterocycles. The summed E-state index contributed by atoms with van der Waals surface area (Å²) >= 11 is 0. The maximum atomic E-state index is 12.1. The Kier molecular flexibility index (Phi) is 7.10. The molecular weight excluding hydrogens is 342 g/mol. The normalized spacial score (nSPS) is 22.7. The molecule has 0 radical (unpaired) electrons. The maximum Gasteiger partial charge on any atom is 0.319 e. The van der Waals surface area contributed by atoms with Crippen molar-refractivity contribution in [3.63, 3.8) is 0 Å². The number of likely N-dealkylation sites (tertiary alicyclic amines) is 1. The van der Waals surface area contributed by atoms with E-state index in [0.29, 0.717) is 38.1 Å². The summed E-state index contributed by atoms with van der Waals surface area (Å²) in [6, 6.07) is 7.43. The van der Waals surface area contributed by atoms with Crippen molar-refractivity contribution in [1.82, 2.24) is 10.2 Å². The van der Waals surface area contributed by atoms with Gasteiger partial charge in [0, 0.05) is 31.7 Å². The van der Waals surface area contributed by atoms with Gasteiger partial charge in [-0.05, 0) is 42.9 Å². The SMILES string of the molecule is C[C@H]1CCCC[C@H]1OCCNC(=O)Nc1cccc(CN2CCCC2=O)c1. The number of benzene rings is 1. The fraction of sp³-hybridized carbons (Fsp3) is 0.619. The highest BCUT2D eigenvalue weighted by Gasteiger charge is 2.22. The van der Waals surface area contributed by atoms with Gasteiger partial charge in [0.25, 0.3) is 0 Å². The topological polar surface area (TPSA) is 70.7 Å². The quantitative estimate of drug-likeness (QED) is 0.719. The Morgan fingerprint density at radius 1 is 1.26 bits per heavy atom. The van der Waals surface area contributed by atoms with Gasteiger partial charge < -0.3 is 20.3 Å². The molecule has 1 aromatic rings. The van der Waals surface area contributed by atoms with E-state index in [9.17, 15) is 9.59 Å². The number of carbonyl (C=O) groups is 2. The third-order valence-corrected chi connectivity index (χ3v) is 5.48. The third-order valence-electron chi connectivity index (χ3n) is 5.48. The van der Waals surface area contributed by atoms with Crippen molar-refractivity contribution >= 4 is 17.6 Å². The van der Waals surface area contributed by atoms with E-state index in [1.165, 1.54) is 19.3 Å². The minimum Gasteiger partial charge on any atom is -0.376 e. The van der Waals surface area contributed by atoms with Crippen molar-refractivity contribution in [2.24, 2.45) is 5.92 Å². The van der Waals surface area contributed by atoms with Crippen LogP contribution in [0.1, 0.15) is 51.0 Å². The molecule has 1 saturated carbocycles. The van der Waals surface area contributed by atoms with Gasteiger partial charge >= 0.3 is 6.03 Å². The second-order valence-electron chi connectivity index (χ2n) is 7.67. The molecule has 2 fully saturated rings. The molecule has 2 N–H and O–H groups in total. The standard InChI is InChI=1S/C21H31N3O3/c1-16-6-2-3-9-19(16)27-13-11-22-21(26)23-18-8-4-7-17(14-18)15-24-12-5-10-20(24)25/h4,7-8,14,16,19H,2-3,5-6,9-13,15H2,1H3,(H2,22,23,26)/t16-,19+/m0/s1. The lowest BCUT2D eigenvalue weighted by atomic mass is 9.88. The summed E-state index contributed by atoms with van der Waals surface area (Å²) in [5.74, 6) is 0.816. The first-order valence-electron chi connectivity index (χ1n) is 10.1. The molecule has 2 atom stereocenters. The first-order valence-corrected chi connectivity index (χ1v) is 10.1. The molecule has 148 valence electrons. The van der Waals surface area contributed by atoms with Gasteiger partial charge in [0.15, 0.2) is 0 Å². The molecule has 2 aliphatic rings. The Morgan fingerprint density at radius 3 is 2.89 bits per heavy atom. The third kappa shape index (κ3) is 5.96. The average Bonchev–Trinajstić information content (AvgIpc) is 3.05. The van der Waals surface area contributed by atoms with E-state index >= 15 is 0 Å². The van der Waals surface area contributed by atoms with Crippen molar-refractivity contribution < 1.29 is 14.3 Å². The second-order valence-corrected chi connectivity index (χ2v) is 7.67. The molecule has 6 heteroatoms. The molecule has 1 aliphatic heterocycles. The van der Waals surface area contributed by atoms with Crippen LogP contribution in [0.4, 0.5) is 10.5 Å². The molecule has 1 aliphatic carbocycles. The van der Waals surface area contributed by atoms with Crippen LogP contribution in [0.15, 0.2) is 24.3 Å². The van der Waals surface area contributed by atoms with Crippen LogP contribution < -0.4 is 10.6 Å². The molecule has 3 rings (SSSR count). The Morgan fingerprint density at radius 2 is 2.11 bits per heavy atom. The van der Waals surface area contributed by atoms with Crippen LogP contribution in [0.2, 0.25) is 0 Å². The monoisotopic (exact) mass is 373 g/mol. The highest BCUT2D eigenvalue weighted by atomic mass is 16.5. The number of hydrogen-bond acceptors (Lipinski definition) is 3. The van der Waals surface area contributed by atoms with Gasteiger partial charge in [0.1, 0.15) is 0 Å². The van der Waals surface area contributed by atoms with Crippen LogP contribution in [-0.2, 0) is 16.1 Å². The predicted octanol–water partition coefficient (Wildman–Crippen LogP) is 3.53. The van der Waals surface area contributed by atoms with Gasteiger partial charge in [0.2, 0.25) is 5.91 Å². The van der Waals surface area contributed by atoms with E-state index < -0.39 is 0 Å². The minimum absolute atomic E-state index is 0.207. The molecule has 3 amide bonds. The lowest BCUT2D eigenvalue weighted by Gasteiger charge is -2.28. The van der Waals surface area contributed by atoms with Crippen LogP contribution in [0, 0.1) is 5.92 Å². The predicted molar refractivity (Wildman–Crippen MR) is 105 cm³/mol. The zero-order valence-corrected chi connectivity index (χ0v) is 16.2. The summed E-state index contributed by atoms with van der Waals surface area (Å²) in [5.41, 5.74) is 1.76. The molecule has 1 heterocycles. The minimum atomic E-state index is -0.232. The lowest BCUT2D eigenvalue weighted by Crippen LogP contribution is -2.34. The zero-order valence-electron chi connectivity index (χ0n) is 16.2. The largest absolute Gasteiger partial charge is 0.376 e. The molecule has 27 heavy (non-hydrogen) atoms. The van der Waals surface area contributed by atoms with Gasteiger partial charge in [-0.15, -0.1) is 0 Å². The van der Waals surface area contributed by atoms with Gasteiger partial charge in [0.05, 0.1) is 12.7 Å². The molecule has 1 aromatic carbocycles. The number of amides is 3. The average molecular weight is 373 g/mol. The number of anilines is 1.